The van der Waals surface area contributed by atoms with Gasteiger partial charge in [-0.15, -0.1) is 0 Å². The Labute approximate surface area is 83.9 Å². The Bertz CT molecular complexity index is 194. The maximum atomic E-state index is 5.70. The van der Waals surface area contributed by atoms with Crippen LogP contribution in [0.4, 0.5) is 0 Å². The zero-order valence-corrected chi connectivity index (χ0v) is 8.33. The monoisotopic (exact) mass is 199 g/mol. The van der Waals surface area contributed by atoms with E-state index in [0.717, 1.165) is 32.8 Å². The molecule has 4 aliphatic heterocycles. The molecule has 0 spiro atoms. The van der Waals surface area contributed by atoms with Gasteiger partial charge in [-0.3, -0.25) is 0 Å². The fraction of sp³-hybridized carbons (Fsp3) is 1.00. The van der Waals surface area contributed by atoms with Crippen LogP contribution in [0.2, 0.25) is 0 Å². The van der Waals surface area contributed by atoms with Gasteiger partial charge in [0.25, 0.3) is 5.97 Å². The van der Waals surface area contributed by atoms with Crippen molar-refractivity contribution < 1.29 is 14.2 Å². The highest BCUT2D eigenvalue weighted by atomic mass is 16.9. The van der Waals surface area contributed by atoms with Crippen LogP contribution >= 0.6 is 0 Å². The standard InChI is InChI=1S/C10H17NO3/c1-2-4-11-9(3-1)10-12-5-8(6-13-10)7-14-10/h8-9,11H,1-7H2. The van der Waals surface area contributed by atoms with Crippen LogP contribution in [0, 0.1) is 5.92 Å². The first kappa shape index (κ1) is 9.09. The van der Waals surface area contributed by atoms with Crippen LogP contribution < -0.4 is 5.32 Å². The van der Waals surface area contributed by atoms with Crippen LogP contribution in [0.1, 0.15) is 19.3 Å². The average Bonchev–Trinajstić information content (AvgIpc) is 2.33. The van der Waals surface area contributed by atoms with E-state index in [-0.39, 0.29) is 6.04 Å². The van der Waals surface area contributed by atoms with Gasteiger partial charge in [-0.05, 0) is 19.4 Å². The molecule has 0 aliphatic carbocycles. The second kappa shape index (κ2) is 3.45. The Morgan fingerprint density at radius 3 is 2.29 bits per heavy atom. The van der Waals surface area contributed by atoms with Gasteiger partial charge in [0.2, 0.25) is 0 Å². The van der Waals surface area contributed by atoms with Gasteiger partial charge in [0.1, 0.15) is 0 Å². The third-order valence-corrected chi connectivity index (χ3v) is 3.30. The molecule has 0 amide bonds. The molecule has 1 atom stereocenters. The highest BCUT2D eigenvalue weighted by molar-refractivity contribution is 4.87. The van der Waals surface area contributed by atoms with Crippen molar-refractivity contribution in [3.63, 3.8) is 0 Å². The van der Waals surface area contributed by atoms with Crippen molar-refractivity contribution in [3.8, 4) is 0 Å². The quantitative estimate of drug-likeness (QED) is 0.666. The van der Waals surface area contributed by atoms with Crippen LogP contribution in [0.25, 0.3) is 0 Å². The number of rotatable bonds is 1. The SMILES string of the molecule is C1CCC(C23OCC(CO2)CO3)NC1. The summed E-state index contributed by atoms with van der Waals surface area (Å²) in [6.07, 6.45) is 3.57. The predicted molar refractivity (Wildman–Crippen MR) is 49.7 cm³/mol. The van der Waals surface area contributed by atoms with E-state index in [2.05, 4.69) is 5.32 Å². The summed E-state index contributed by atoms with van der Waals surface area (Å²) >= 11 is 0. The lowest BCUT2D eigenvalue weighted by molar-refractivity contribution is -0.458. The molecule has 4 rings (SSSR count). The van der Waals surface area contributed by atoms with E-state index in [1.807, 2.05) is 0 Å². The Morgan fingerprint density at radius 2 is 1.71 bits per heavy atom. The topological polar surface area (TPSA) is 39.7 Å². The predicted octanol–water partition coefficient (Wildman–Crippen LogP) is 0.475. The molecule has 0 aromatic carbocycles. The minimum absolute atomic E-state index is 0.220. The molecule has 1 N–H and O–H groups in total. The van der Waals surface area contributed by atoms with Gasteiger partial charge in [0.05, 0.1) is 25.9 Å². The Kier molecular flexibility index (Phi) is 2.24. The van der Waals surface area contributed by atoms with E-state index in [1.165, 1.54) is 12.8 Å². The summed E-state index contributed by atoms with van der Waals surface area (Å²) in [5.41, 5.74) is 0. The van der Waals surface area contributed by atoms with E-state index in [1.54, 1.807) is 0 Å². The number of piperidine rings is 1. The summed E-state index contributed by atoms with van der Waals surface area (Å²) in [6, 6.07) is 0.220. The van der Waals surface area contributed by atoms with E-state index >= 15 is 0 Å². The summed E-state index contributed by atoms with van der Waals surface area (Å²) < 4.78 is 17.1. The maximum absolute atomic E-state index is 5.70. The van der Waals surface area contributed by atoms with Gasteiger partial charge in [-0.25, -0.2) is 0 Å². The highest BCUT2D eigenvalue weighted by Crippen LogP contribution is 2.35. The average molecular weight is 199 g/mol. The molecule has 0 saturated carbocycles. The second-order valence-corrected chi connectivity index (χ2v) is 4.41. The highest BCUT2D eigenvalue weighted by Gasteiger charge is 2.50. The molecule has 2 bridgehead atoms. The molecule has 0 radical (unpaired) electrons. The maximum Gasteiger partial charge on any atom is 0.299 e. The molecule has 4 nitrogen and oxygen atoms in total. The van der Waals surface area contributed by atoms with Crippen molar-refractivity contribution in [2.45, 2.75) is 31.3 Å². The summed E-state index contributed by atoms with van der Waals surface area (Å²) in [7, 11) is 0. The summed E-state index contributed by atoms with van der Waals surface area (Å²) in [5, 5.41) is 3.43. The van der Waals surface area contributed by atoms with Crippen LogP contribution in [0.15, 0.2) is 0 Å². The number of ether oxygens (including phenoxy) is 3. The van der Waals surface area contributed by atoms with Crippen LogP contribution in [-0.4, -0.2) is 38.4 Å². The molecule has 4 fully saturated rings. The van der Waals surface area contributed by atoms with Gasteiger partial charge >= 0.3 is 0 Å². The molecule has 1 unspecified atom stereocenters. The van der Waals surface area contributed by atoms with Crippen molar-refractivity contribution >= 4 is 0 Å². The fourth-order valence-electron chi connectivity index (χ4n) is 2.43. The first-order chi connectivity index (χ1) is 6.89. The molecule has 4 heteroatoms. The fourth-order valence-corrected chi connectivity index (χ4v) is 2.43. The minimum atomic E-state index is -0.755. The molecule has 80 valence electrons. The third kappa shape index (κ3) is 1.37. The zero-order valence-electron chi connectivity index (χ0n) is 8.33. The zero-order chi connectivity index (χ0) is 9.43. The number of fused-ring (bicyclic) bond motifs is 3. The van der Waals surface area contributed by atoms with Crippen LogP contribution in [0.5, 0.6) is 0 Å². The van der Waals surface area contributed by atoms with Crippen LogP contribution in [-0.2, 0) is 14.2 Å². The normalized spacial score (nSPS) is 48.0. The van der Waals surface area contributed by atoms with Crippen molar-refractivity contribution in [2.75, 3.05) is 26.4 Å². The van der Waals surface area contributed by atoms with Crippen LogP contribution in [0.3, 0.4) is 0 Å². The smallest absolute Gasteiger partial charge is 0.299 e. The Morgan fingerprint density at radius 1 is 1.00 bits per heavy atom. The molecule has 0 aromatic heterocycles. The van der Waals surface area contributed by atoms with Gasteiger partial charge in [-0.1, -0.05) is 6.42 Å². The van der Waals surface area contributed by atoms with Gasteiger partial charge in [0, 0.05) is 5.92 Å². The van der Waals surface area contributed by atoms with Crippen molar-refractivity contribution in [3.05, 3.63) is 0 Å². The molecule has 14 heavy (non-hydrogen) atoms. The Hall–Kier alpha value is -0.160. The van der Waals surface area contributed by atoms with Crippen molar-refractivity contribution in [2.24, 2.45) is 5.92 Å². The summed E-state index contributed by atoms with van der Waals surface area (Å²) in [5.74, 6) is -0.310. The van der Waals surface area contributed by atoms with Gasteiger partial charge in [-0.2, -0.15) is 0 Å². The summed E-state index contributed by atoms with van der Waals surface area (Å²) in [6.45, 7) is 3.42. The molecule has 0 aromatic rings. The largest absolute Gasteiger partial charge is 0.326 e. The van der Waals surface area contributed by atoms with Gasteiger partial charge in [0.15, 0.2) is 0 Å². The molecular weight excluding hydrogens is 182 g/mol. The second-order valence-electron chi connectivity index (χ2n) is 4.41. The molecule has 4 heterocycles. The first-order valence-electron chi connectivity index (χ1n) is 5.54. The number of nitrogens with one attached hydrogen (secondary N) is 1. The molecule has 4 saturated heterocycles. The van der Waals surface area contributed by atoms with E-state index in [0.29, 0.717) is 5.92 Å². The molecular formula is C10H17NO3. The van der Waals surface area contributed by atoms with E-state index in [4.69, 9.17) is 14.2 Å². The van der Waals surface area contributed by atoms with Crippen molar-refractivity contribution in [1.29, 1.82) is 0 Å². The lowest BCUT2D eigenvalue weighted by atomic mass is 10.0. The lowest BCUT2D eigenvalue weighted by Gasteiger charge is -2.49. The Balaban J connectivity index is 1.73. The van der Waals surface area contributed by atoms with E-state index in [9.17, 15) is 0 Å². The number of hydrogen-bond donors (Lipinski definition) is 1. The van der Waals surface area contributed by atoms with Gasteiger partial charge < -0.3 is 19.5 Å². The minimum Gasteiger partial charge on any atom is -0.326 e. The first-order valence-corrected chi connectivity index (χ1v) is 5.54. The number of hydrogen-bond acceptors (Lipinski definition) is 4. The van der Waals surface area contributed by atoms with E-state index < -0.39 is 5.97 Å². The summed E-state index contributed by atoms with van der Waals surface area (Å²) in [4.78, 5) is 0. The third-order valence-electron chi connectivity index (χ3n) is 3.30. The molecule has 4 aliphatic rings. The lowest BCUT2D eigenvalue weighted by Crippen LogP contribution is -2.64. The van der Waals surface area contributed by atoms with Crippen molar-refractivity contribution in [1.82, 2.24) is 5.32 Å².